The Morgan fingerprint density at radius 3 is 1.68 bits per heavy atom. The molecule has 5 aromatic heterocycles. The van der Waals surface area contributed by atoms with Crippen molar-refractivity contribution in [1.29, 1.82) is 0 Å². The van der Waals surface area contributed by atoms with Crippen molar-refractivity contribution in [2.45, 2.75) is 0 Å². The third kappa shape index (κ3) is 4.52. The van der Waals surface area contributed by atoms with Crippen LogP contribution >= 0.6 is 0 Å². The molecule has 0 aliphatic rings. The minimum absolute atomic E-state index is 0.921. The molecule has 234 valence electrons. The van der Waals surface area contributed by atoms with Crippen LogP contribution in [0, 0.1) is 0 Å². The Hall–Kier alpha value is -6.85. The fourth-order valence-corrected chi connectivity index (χ4v) is 7.40. The molecule has 0 fully saturated rings. The molecule has 0 aliphatic carbocycles. The molecular formula is C45H29N5. The number of aromatic nitrogens is 5. The number of hydrogen-bond acceptors (Lipinski definition) is 3. The predicted octanol–water partition coefficient (Wildman–Crippen LogP) is 11.1. The molecule has 10 rings (SSSR count). The summed E-state index contributed by atoms with van der Waals surface area (Å²) >= 11 is 0. The van der Waals surface area contributed by atoms with Crippen LogP contribution in [-0.2, 0) is 0 Å². The molecule has 0 radical (unpaired) electrons. The van der Waals surface area contributed by atoms with Crippen molar-refractivity contribution in [1.82, 2.24) is 24.1 Å². The van der Waals surface area contributed by atoms with Crippen molar-refractivity contribution in [3.8, 4) is 45.0 Å². The van der Waals surface area contributed by atoms with Crippen LogP contribution in [0.1, 0.15) is 0 Å². The van der Waals surface area contributed by atoms with Crippen molar-refractivity contribution in [3.63, 3.8) is 0 Å². The van der Waals surface area contributed by atoms with E-state index in [0.29, 0.717) is 0 Å². The van der Waals surface area contributed by atoms with E-state index in [2.05, 4.69) is 137 Å². The lowest BCUT2D eigenvalue weighted by molar-refractivity contribution is 1.17. The van der Waals surface area contributed by atoms with Crippen molar-refractivity contribution in [2.75, 3.05) is 0 Å². The SMILES string of the molecule is c1ccc(-n2c3ccc(-c4ccc5c6ccccc6n(-c6cc(-c7ccccn7)cc(-c7ccccn7)c6)c5c4)cc3c3ncccc32)cc1. The molecule has 0 unspecified atom stereocenters. The summed E-state index contributed by atoms with van der Waals surface area (Å²) in [5.41, 5.74) is 13.9. The molecule has 0 amide bonds. The predicted molar refractivity (Wildman–Crippen MR) is 205 cm³/mol. The topological polar surface area (TPSA) is 48.5 Å². The Kier molecular flexibility index (Phi) is 6.42. The molecule has 5 heteroatoms. The number of pyridine rings is 3. The normalized spacial score (nSPS) is 11.6. The molecule has 0 saturated heterocycles. The zero-order chi connectivity index (χ0) is 33.0. The first-order valence-corrected chi connectivity index (χ1v) is 16.8. The van der Waals surface area contributed by atoms with E-state index in [-0.39, 0.29) is 0 Å². The van der Waals surface area contributed by atoms with Crippen molar-refractivity contribution >= 4 is 43.7 Å². The molecule has 10 aromatic rings. The van der Waals surface area contributed by atoms with Crippen LogP contribution in [0.15, 0.2) is 176 Å². The molecule has 0 spiro atoms. The lowest BCUT2D eigenvalue weighted by Gasteiger charge is -2.14. The number of rotatable bonds is 5. The van der Waals surface area contributed by atoms with Gasteiger partial charge in [-0.3, -0.25) is 15.0 Å². The number of nitrogens with zero attached hydrogens (tertiary/aromatic N) is 5. The van der Waals surface area contributed by atoms with Gasteiger partial charge in [-0.15, -0.1) is 0 Å². The van der Waals surface area contributed by atoms with Gasteiger partial charge < -0.3 is 9.13 Å². The molecular weight excluding hydrogens is 611 g/mol. The highest BCUT2D eigenvalue weighted by molar-refractivity contribution is 6.11. The Bertz CT molecular complexity index is 2800. The molecule has 50 heavy (non-hydrogen) atoms. The fourth-order valence-electron chi connectivity index (χ4n) is 7.40. The minimum atomic E-state index is 0.921. The summed E-state index contributed by atoms with van der Waals surface area (Å²) in [6.45, 7) is 0. The molecule has 0 bridgehead atoms. The fraction of sp³-hybridized carbons (Fsp3) is 0. The summed E-state index contributed by atoms with van der Waals surface area (Å²) in [7, 11) is 0. The summed E-state index contributed by atoms with van der Waals surface area (Å²) in [6, 6.07) is 55.7. The van der Waals surface area contributed by atoms with Crippen LogP contribution in [0.4, 0.5) is 0 Å². The molecule has 0 atom stereocenters. The second-order valence-corrected chi connectivity index (χ2v) is 12.6. The Morgan fingerprint density at radius 1 is 0.320 bits per heavy atom. The highest BCUT2D eigenvalue weighted by Crippen LogP contribution is 2.39. The number of hydrogen-bond donors (Lipinski definition) is 0. The van der Waals surface area contributed by atoms with Gasteiger partial charge in [-0.1, -0.05) is 66.7 Å². The summed E-state index contributed by atoms with van der Waals surface area (Å²) in [4.78, 5) is 14.3. The van der Waals surface area contributed by atoms with E-state index in [4.69, 9.17) is 15.0 Å². The van der Waals surface area contributed by atoms with E-state index < -0.39 is 0 Å². The smallest absolute Gasteiger partial charge is 0.0963 e. The van der Waals surface area contributed by atoms with Crippen LogP contribution in [0.2, 0.25) is 0 Å². The zero-order valence-corrected chi connectivity index (χ0v) is 27.0. The van der Waals surface area contributed by atoms with Gasteiger partial charge in [0.15, 0.2) is 0 Å². The van der Waals surface area contributed by atoms with Crippen molar-refractivity contribution < 1.29 is 0 Å². The summed E-state index contributed by atoms with van der Waals surface area (Å²) in [6.07, 6.45) is 5.57. The van der Waals surface area contributed by atoms with Crippen LogP contribution in [0.25, 0.3) is 88.8 Å². The van der Waals surface area contributed by atoms with Crippen LogP contribution in [0.5, 0.6) is 0 Å². The van der Waals surface area contributed by atoms with Gasteiger partial charge in [-0.05, 0) is 102 Å². The third-order valence-corrected chi connectivity index (χ3v) is 9.64. The maximum absolute atomic E-state index is 4.85. The van der Waals surface area contributed by atoms with Crippen LogP contribution in [0.3, 0.4) is 0 Å². The van der Waals surface area contributed by atoms with Gasteiger partial charge in [-0.25, -0.2) is 0 Å². The van der Waals surface area contributed by atoms with Gasteiger partial charge in [0.25, 0.3) is 0 Å². The zero-order valence-electron chi connectivity index (χ0n) is 27.0. The van der Waals surface area contributed by atoms with Crippen molar-refractivity contribution in [3.05, 3.63) is 176 Å². The van der Waals surface area contributed by atoms with Gasteiger partial charge in [0.2, 0.25) is 0 Å². The van der Waals surface area contributed by atoms with E-state index in [1.807, 2.05) is 48.9 Å². The second-order valence-electron chi connectivity index (χ2n) is 12.6. The van der Waals surface area contributed by atoms with Gasteiger partial charge >= 0.3 is 0 Å². The molecule has 5 nitrogen and oxygen atoms in total. The molecule has 5 heterocycles. The van der Waals surface area contributed by atoms with Crippen LogP contribution in [-0.4, -0.2) is 24.1 Å². The molecule has 0 aliphatic heterocycles. The maximum atomic E-state index is 4.85. The average Bonchev–Trinajstić information content (AvgIpc) is 3.71. The number of benzene rings is 5. The first kappa shape index (κ1) is 28.2. The standard InChI is InChI=1S/C45H29N5/c1-2-11-34(12-3-1)49-42-21-19-30(28-38(42)45-43(49)17-10-24-48-45)31-18-20-37-36-13-4-5-16-41(36)50(44(37)29-31)35-26-32(39-14-6-8-22-46-39)25-33(27-35)40-15-7-9-23-47-40/h1-29H. The Balaban J connectivity index is 1.20. The highest BCUT2D eigenvalue weighted by Gasteiger charge is 2.18. The second kappa shape index (κ2) is 11.4. The minimum Gasteiger partial charge on any atom is -0.309 e. The molecule has 0 saturated carbocycles. The lowest BCUT2D eigenvalue weighted by atomic mass is 10.0. The largest absolute Gasteiger partial charge is 0.309 e. The summed E-state index contributed by atoms with van der Waals surface area (Å²) < 4.78 is 4.69. The van der Waals surface area contributed by atoms with Gasteiger partial charge in [0.1, 0.15) is 0 Å². The third-order valence-electron chi connectivity index (χ3n) is 9.64. The van der Waals surface area contributed by atoms with Crippen molar-refractivity contribution in [2.24, 2.45) is 0 Å². The van der Waals surface area contributed by atoms with Gasteiger partial charge in [0.05, 0.1) is 39.0 Å². The van der Waals surface area contributed by atoms with Gasteiger partial charge in [-0.2, -0.15) is 0 Å². The Labute approximate surface area is 288 Å². The van der Waals surface area contributed by atoms with E-state index in [1.165, 1.54) is 10.8 Å². The molecule has 0 N–H and O–H groups in total. The monoisotopic (exact) mass is 639 g/mol. The van der Waals surface area contributed by atoms with Crippen LogP contribution < -0.4 is 0 Å². The number of fused-ring (bicyclic) bond motifs is 6. The summed E-state index contributed by atoms with van der Waals surface area (Å²) in [5.74, 6) is 0. The summed E-state index contributed by atoms with van der Waals surface area (Å²) in [5, 5.41) is 3.54. The maximum Gasteiger partial charge on any atom is 0.0963 e. The first-order chi connectivity index (χ1) is 24.8. The van der Waals surface area contributed by atoms with Gasteiger partial charge in [0, 0.05) is 57.3 Å². The highest BCUT2D eigenvalue weighted by atomic mass is 15.0. The molecule has 5 aromatic carbocycles. The van der Waals surface area contributed by atoms with E-state index in [1.54, 1.807) is 0 Å². The lowest BCUT2D eigenvalue weighted by Crippen LogP contribution is -1.97. The van der Waals surface area contributed by atoms with E-state index in [9.17, 15) is 0 Å². The average molecular weight is 640 g/mol. The first-order valence-electron chi connectivity index (χ1n) is 16.8. The van der Waals surface area contributed by atoms with E-state index >= 15 is 0 Å². The number of para-hydroxylation sites is 2. The quantitative estimate of drug-likeness (QED) is 0.188. The van der Waals surface area contributed by atoms with E-state index in [0.717, 1.165) is 78.0 Å². The Morgan fingerprint density at radius 2 is 0.920 bits per heavy atom.